The van der Waals surface area contributed by atoms with Crippen molar-refractivity contribution in [2.24, 2.45) is 7.05 Å². The zero-order valence-electron chi connectivity index (χ0n) is 16.3. The number of tetrazole rings is 1. The molecule has 11 nitrogen and oxygen atoms in total. The predicted octanol–water partition coefficient (Wildman–Crippen LogP) is -0.187. The summed E-state index contributed by atoms with van der Waals surface area (Å²) in [4.78, 5) is 26.3. The molecule has 158 valence electrons. The third kappa shape index (κ3) is 3.52. The van der Waals surface area contributed by atoms with Gasteiger partial charge in [0, 0.05) is 31.7 Å². The number of amides is 1. The van der Waals surface area contributed by atoms with Gasteiger partial charge in [0.1, 0.15) is 5.70 Å². The molecule has 0 spiro atoms. The molecule has 4 rings (SSSR count). The topological polar surface area (TPSA) is 140 Å². The first-order chi connectivity index (χ1) is 14.4. The smallest absolute Gasteiger partial charge is 0.352 e. The van der Waals surface area contributed by atoms with E-state index >= 15 is 0 Å². The normalized spacial score (nSPS) is 20.9. The van der Waals surface area contributed by atoms with Gasteiger partial charge in [0.25, 0.3) is 5.82 Å². The molecule has 2 aliphatic heterocycles. The van der Waals surface area contributed by atoms with Crippen LogP contribution in [0, 0.1) is 0 Å². The number of thioether (sulfide) groups is 2. The first-order valence-electron chi connectivity index (χ1n) is 8.95. The number of nitrogens with two attached hydrogens (primary N) is 1. The van der Waals surface area contributed by atoms with E-state index in [9.17, 15) is 14.7 Å². The largest absolute Gasteiger partial charge is 0.477 e. The summed E-state index contributed by atoms with van der Waals surface area (Å²) in [7, 11) is 3.29. The summed E-state index contributed by atoms with van der Waals surface area (Å²) in [5, 5.41) is 21.4. The molecule has 0 aliphatic carbocycles. The van der Waals surface area contributed by atoms with Crippen molar-refractivity contribution in [2.45, 2.75) is 23.2 Å². The number of carboxylic acid groups (broad SMARTS) is 1. The molecule has 2 aromatic rings. The van der Waals surface area contributed by atoms with Crippen LogP contribution in [-0.4, -0.2) is 66.1 Å². The predicted molar refractivity (Wildman–Crippen MR) is 108 cm³/mol. The summed E-state index contributed by atoms with van der Waals surface area (Å²) in [5.41, 5.74) is 7.56. The van der Waals surface area contributed by atoms with E-state index in [4.69, 9.17) is 10.5 Å². The number of methoxy groups -OCH3 is 1. The number of aromatic nitrogens is 5. The number of anilines is 1. The lowest BCUT2D eigenvalue weighted by Crippen LogP contribution is -2.60. The van der Waals surface area contributed by atoms with Gasteiger partial charge in [0.2, 0.25) is 11.1 Å². The second-order valence-corrected chi connectivity index (χ2v) is 8.84. The van der Waals surface area contributed by atoms with Gasteiger partial charge in [-0.2, -0.15) is 0 Å². The second-order valence-electron chi connectivity index (χ2n) is 6.79. The lowest BCUT2D eigenvalue weighted by atomic mass is 9.89. The number of pyridine rings is 1. The number of ether oxygens (including phenoxy) is 1. The van der Waals surface area contributed by atoms with Crippen molar-refractivity contribution in [3.05, 3.63) is 35.2 Å². The van der Waals surface area contributed by atoms with Crippen LogP contribution in [0.25, 0.3) is 0 Å². The number of hydrogen-bond acceptors (Lipinski definition) is 9. The van der Waals surface area contributed by atoms with E-state index in [1.54, 1.807) is 42.7 Å². The third-order valence-corrected chi connectivity index (χ3v) is 7.36. The van der Waals surface area contributed by atoms with Crippen LogP contribution in [-0.2, 0) is 28.1 Å². The lowest BCUT2D eigenvalue weighted by Gasteiger charge is -2.49. The number of aryl methyl sites for hydroxylation is 1. The highest BCUT2D eigenvalue weighted by molar-refractivity contribution is 8.01. The van der Waals surface area contributed by atoms with Crippen molar-refractivity contribution in [3.63, 3.8) is 0 Å². The molecule has 1 unspecified atom stereocenters. The minimum absolute atomic E-state index is 0.0565. The number of fused-ring (bicyclic) bond motifs is 1. The standard InChI is InChI=1S/C17H19N7O4S2/c1-22-17(19-20-21-22)30-7-10-6-29-15-12(14(25)24(15)13(10)16(26)27)9-3-4-23(8-28-2)11(18)5-9/h3-5,12,15,18H,6-8H2,1-2H3,(H,26,27)/p+1/t12-,15?/m0/s1. The Bertz CT molecular complexity index is 1040. The van der Waals surface area contributed by atoms with Crippen molar-refractivity contribution in [1.82, 2.24) is 25.1 Å². The summed E-state index contributed by atoms with van der Waals surface area (Å²) in [6.07, 6.45) is 1.77. The van der Waals surface area contributed by atoms with E-state index < -0.39 is 11.9 Å². The Balaban J connectivity index is 1.56. The van der Waals surface area contributed by atoms with Crippen LogP contribution in [0.3, 0.4) is 0 Å². The fraction of sp³-hybridized carbons (Fsp3) is 0.412. The summed E-state index contributed by atoms with van der Waals surface area (Å²) >= 11 is 2.89. The summed E-state index contributed by atoms with van der Waals surface area (Å²) < 4.78 is 8.32. The van der Waals surface area contributed by atoms with Crippen molar-refractivity contribution < 1.29 is 24.0 Å². The molecule has 0 bridgehead atoms. The molecule has 0 aromatic carbocycles. The minimum Gasteiger partial charge on any atom is -0.477 e. The molecule has 1 fully saturated rings. The monoisotopic (exact) mass is 450 g/mol. The van der Waals surface area contributed by atoms with E-state index in [-0.39, 0.29) is 17.0 Å². The minimum atomic E-state index is -1.11. The first-order valence-corrected chi connectivity index (χ1v) is 11.0. The van der Waals surface area contributed by atoms with Gasteiger partial charge in [-0.05, 0) is 27.6 Å². The zero-order chi connectivity index (χ0) is 21.4. The lowest BCUT2D eigenvalue weighted by molar-refractivity contribution is -0.718. The van der Waals surface area contributed by atoms with Gasteiger partial charge in [-0.3, -0.25) is 15.4 Å². The molecule has 2 aliphatic rings. The molecule has 0 radical (unpaired) electrons. The van der Waals surface area contributed by atoms with E-state index in [0.717, 1.165) is 5.56 Å². The second kappa shape index (κ2) is 8.24. The number of β-lactam (4-membered cyclic amide) rings is 1. The van der Waals surface area contributed by atoms with E-state index in [2.05, 4.69) is 15.5 Å². The quantitative estimate of drug-likeness (QED) is 0.331. The highest BCUT2D eigenvalue weighted by Gasteiger charge is 2.54. The highest BCUT2D eigenvalue weighted by Crippen LogP contribution is 2.48. The number of carbonyl (C=O) groups excluding carboxylic acids is 1. The summed E-state index contributed by atoms with van der Waals surface area (Å²) in [6.45, 7) is 0.309. The van der Waals surface area contributed by atoms with Crippen LogP contribution < -0.4 is 10.3 Å². The molecule has 2 atom stereocenters. The molecule has 1 amide bonds. The third-order valence-electron chi connectivity index (χ3n) is 4.93. The van der Waals surface area contributed by atoms with Crippen LogP contribution >= 0.6 is 23.5 Å². The van der Waals surface area contributed by atoms with Gasteiger partial charge in [0.15, 0.2) is 6.73 Å². The fourth-order valence-corrected chi connectivity index (χ4v) is 5.90. The molecule has 13 heteroatoms. The van der Waals surface area contributed by atoms with Crippen LogP contribution in [0.15, 0.2) is 34.8 Å². The SMILES string of the molecule is COC[n+]1ccc([C@H]2C(=O)N3C(C(=O)O)=C(CSc4nnnn4C)CSC23)cc1N. The van der Waals surface area contributed by atoms with Crippen molar-refractivity contribution in [3.8, 4) is 0 Å². The van der Waals surface area contributed by atoms with Crippen LogP contribution in [0.4, 0.5) is 5.82 Å². The Hall–Kier alpha value is -2.64. The van der Waals surface area contributed by atoms with E-state index in [1.165, 1.54) is 21.3 Å². The molecule has 30 heavy (non-hydrogen) atoms. The Morgan fingerprint density at radius 3 is 2.97 bits per heavy atom. The molecule has 3 N–H and O–H groups in total. The van der Waals surface area contributed by atoms with Crippen LogP contribution in [0.2, 0.25) is 0 Å². The Labute approximate surface area is 180 Å². The van der Waals surface area contributed by atoms with E-state index in [1.807, 2.05) is 6.07 Å². The van der Waals surface area contributed by atoms with Gasteiger partial charge >= 0.3 is 5.97 Å². The Kier molecular flexibility index (Phi) is 5.66. The number of nitrogen functional groups attached to an aromatic ring is 1. The van der Waals surface area contributed by atoms with Crippen molar-refractivity contribution in [1.29, 1.82) is 0 Å². The van der Waals surface area contributed by atoms with Gasteiger partial charge < -0.3 is 9.84 Å². The highest BCUT2D eigenvalue weighted by atomic mass is 32.2. The number of rotatable bonds is 7. The maximum Gasteiger partial charge on any atom is 0.352 e. The van der Waals surface area contributed by atoms with Crippen LogP contribution in [0.5, 0.6) is 0 Å². The maximum atomic E-state index is 13.0. The van der Waals surface area contributed by atoms with E-state index in [0.29, 0.717) is 34.8 Å². The molecule has 2 aromatic heterocycles. The average molecular weight is 451 g/mol. The van der Waals surface area contributed by atoms with Gasteiger partial charge in [-0.25, -0.2) is 14.0 Å². The fourth-order valence-electron chi connectivity index (χ4n) is 3.48. The van der Waals surface area contributed by atoms with Gasteiger partial charge in [0.05, 0.1) is 17.5 Å². The zero-order valence-corrected chi connectivity index (χ0v) is 17.9. The number of carbonyl (C=O) groups is 2. The maximum absolute atomic E-state index is 13.0. The number of hydrogen-bond donors (Lipinski definition) is 2. The van der Waals surface area contributed by atoms with Crippen LogP contribution in [0.1, 0.15) is 11.5 Å². The Morgan fingerprint density at radius 1 is 1.53 bits per heavy atom. The molecular weight excluding hydrogens is 430 g/mol. The number of nitrogens with zero attached hydrogens (tertiary/aromatic N) is 6. The molecular formula is C17H20N7O4S2+. The molecule has 1 saturated heterocycles. The summed E-state index contributed by atoms with van der Waals surface area (Å²) in [5.74, 6) is -0.401. The van der Waals surface area contributed by atoms with Crippen molar-refractivity contribution in [2.75, 3.05) is 24.3 Å². The summed E-state index contributed by atoms with van der Waals surface area (Å²) in [6, 6.07) is 3.57. The first kappa shape index (κ1) is 20.6. The van der Waals surface area contributed by atoms with Gasteiger partial charge in [-0.15, -0.1) is 16.9 Å². The molecule has 0 saturated carbocycles. The van der Waals surface area contributed by atoms with Crippen molar-refractivity contribution >= 4 is 41.2 Å². The number of aliphatic carboxylic acids is 1. The average Bonchev–Trinajstić information content (AvgIpc) is 3.12. The Morgan fingerprint density at radius 2 is 2.33 bits per heavy atom. The van der Waals surface area contributed by atoms with Gasteiger partial charge in [-0.1, -0.05) is 11.8 Å². The number of carboxylic acids is 1. The molecule has 4 heterocycles.